The molecule has 0 aliphatic carbocycles. The van der Waals surface area contributed by atoms with Crippen molar-refractivity contribution in [3.63, 3.8) is 0 Å². The lowest BCUT2D eigenvalue weighted by Gasteiger charge is -2.17. The van der Waals surface area contributed by atoms with Gasteiger partial charge in [-0.05, 0) is 42.0 Å². The number of methoxy groups -OCH3 is 2. The van der Waals surface area contributed by atoms with Gasteiger partial charge in [0.15, 0.2) is 18.3 Å². The van der Waals surface area contributed by atoms with E-state index in [1.165, 1.54) is 11.6 Å². The van der Waals surface area contributed by atoms with Crippen LogP contribution in [0.25, 0.3) is 16.8 Å². The molecule has 2 rings (SSSR count). The maximum Gasteiger partial charge on any atom is 0.330 e. The van der Waals surface area contributed by atoms with Crippen LogP contribution in [0.3, 0.4) is 0 Å². The normalized spacial score (nSPS) is 11.1. The van der Waals surface area contributed by atoms with Crippen LogP contribution >= 0.6 is 0 Å². The summed E-state index contributed by atoms with van der Waals surface area (Å²) in [4.78, 5) is 11.7. The van der Waals surface area contributed by atoms with E-state index in [1.807, 2.05) is 18.2 Å². The molecule has 0 radical (unpaired) electrons. The molecular formula is C21H26O5. The maximum atomic E-state index is 11.7. The first-order valence-electron chi connectivity index (χ1n) is 8.75. The molecule has 0 N–H and O–H groups in total. The van der Waals surface area contributed by atoms with Gasteiger partial charge in [-0.1, -0.05) is 31.5 Å². The van der Waals surface area contributed by atoms with Crippen molar-refractivity contribution >= 4 is 22.8 Å². The fourth-order valence-electron chi connectivity index (χ4n) is 2.89. The largest absolute Gasteiger partial charge is 0.493 e. The minimum Gasteiger partial charge on any atom is -0.493 e. The summed E-state index contributed by atoms with van der Waals surface area (Å²) < 4.78 is 21.4. The van der Waals surface area contributed by atoms with Crippen molar-refractivity contribution in [2.45, 2.75) is 26.7 Å². The number of benzene rings is 2. The van der Waals surface area contributed by atoms with Crippen molar-refractivity contribution in [2.75, 3.05) is 27.6 Å². The third-order valence-electron chi connectivity index (χ3n) is 3.95. The smallest absolute Gasteiger partial charge is 0.330 e. The van der Waals surface area contributed by atoms with E-state index in [1.54, 1.807) is 27.2 Å². The zero-order valence-electron chi connectivity index (χ0n) is 15.8. The van der Waals surface area contributed by atoms with E-state index in [0.29, 0.717) is 18.1 Å². The summed E-state index contributed by atoms with van der Waals surface area (Å²) in [6, 6.07) is 7.97. The molecule has 2 aromatic carbocycles. The van der Waals surface area contributed by atoms with Crippen LogP contribution in [-0.4, -0.2) is 33.6 Å². The van der Waals surface area contributed by atoms with Gasteiger partial charge < -0.3 is 18.9 Å². The van der Waals surface area contributed by atoms with Gasteiger partial charge in [0.25, 0.3) is 0 Å². The minimum atomic E-state index is -0.371. The summed E-state index contributed by atoms with van der Waals surface area (Å²) in [5.41, 5.74) is 2.04. The average Bonchev–Trinajstić information content (AvgIpc) is 2.65. The molecule has 0 unspecified atom stereocenters. The third-order valence-corrected chi connectivity index (χ3v) is 3.95. The van der Waals surface area contributed by atoms with Crippen molar-refractivity contribution in [1.82, 2.24) is 0 Å². The summed E-state index contributed by atoms with van der Waals surface area (Å²) in [5.74, 6) is 0.882. The molecule has 0 saturated heterocycles. The molecule has 0 saturated carbocycles. The number of esters is 1. The zero-order valence-corrected chi connectivity index (χ0v) is 15.8. The molecule has 0 fully saturated rings. The molecule has 5 heteroatoms. The van der Waals surface area contributed by atoms with Crippen LogP contribution in [0.2, 0.25) is 0 Å². The molecule has 0 aromatic heterocycles. The lowest BCUT2D eigenvalue weighted by Crippen LogP contribution is -2.03. The highest BCUT2D eigenvalue weighted by Crippen LogP contribution is 2.41. The molecule has 26 heavy (non-hydrogen) atoms. The Hall–Kier alpha value is -2.53. The average molecular weight is 358 g/mol. The van der Waals surface area contributed by atoms with Crippen LogP contribution in [0.5, 0.6) is 11.5 Å². The maximum absolute atomic E-state index is 11.7. The van der Waals surface area contributed by atoms with Crippen LogP contribution in [0.15, 0.2) is 30.3 Å². The second-order valence-corrected chi connectivity index (χ2v) is 5.72. The van der Waals surface area contributed by atoms with Crippen molar-refractivity contribution in [3.8, 4) is 11.5 Å². The summed E-state index contributed by atoms with van der Waals surface area (Å²) in [7, 11) is 3.18. The molecule has 0 aliphatic heterocycles. The Kier molecular flexibility index (Phi) is 7.48. The number of hydrogen-bond donors (Lipinski definition) is 0. The second kappa shape index (κ2) is 9.82. The Labute approximate surface area is 154 Å². The van der Waals surface area contributed by atoms with E-state index in [0.717, 1.165) is 29.2 Å². The van der Waals surface area contributed by atoms with Crippen LogP contribution < -0.4 is 9.47 Å². The third kappa shape index (κ3) is 4.55. The van der Waals surface area contributed by atoms with Gasteiger partial charge in [-0.3, -0.25) is 0 Å². The van der Waals surface area contributed by atoms with Gasteiger partial charge in [0.1, 0.15) is 0 Å². The predicted octanol–water partition coefficient (Wildman–Crippen LogP) is 4.36. The van der Waals surface area contributed by atoms with Crippen molar-refractivity contribution in [1.29, 1.82) is 0 Å². The van der Waals surface area contributed by atoms with E-state index in [-0.39, 0.29) is 12.8 Å². The van der Waals surface area contributed by atoms with E-state index in [4.69, 9.17) is 18.9 Å². The summed E-state index contributed by atoms with van der Waals surface area (Å²) in [5, 5.41) is 1.97. The highest BCUT2D eigenvalue weighted by molar-refractivity contribution is 6.01. The van der Waals surface area contributed by atoms with Crippen LogP contribution in [0.1, 0.15) is 31.4 Å². The number of carbonyl (C=O) groups is 1. The van der Waals surface area contributed by atoms with E-state index in [9.17, 15) is 4.79 Å². The molecule has 0 atom stereocenters. The molecule has 0 aliphatic rings. The lowest BCUT2D eigenvalue weighted by molar-refractivity contribution is -0.137. The molecule has 5 nitrogen and oxygen atoms in total. The Morgan fingerprint density at radius 3 is 2.65 bits per heavy atom. The van der Waals surface area contributed by atoms with Crippen molar-refractivity contribution in [3.05, 3.63) is 41.5 Å². The first-order chi connectivity index (χ1) is 12.7. The number of aryl methyl sites for hydroxylation is 1. The molecular weight excluding hydrogens is 332 g/mol. The summed E-state index contributed by atoms with van der Waals surface area (Å²) in [6.45, 7) is 4.39. The number of rotatable bonds is 9. The molecule has 0 spiro atoms. The van der Waals surface area contributed by atoms with Gasteiger partial charge in [0, 0.05) is 18.6 Å². The Morgan fingerprint density at radius 2 is 2.00 bits per heavy atom. The van der Waals surface area contributed by atoms with Gasteiger partial charge in [0.05, 0.1) is 13.7 Å². The topological polar surface area (TPSA) is 54.0 Å². The Bertz CT molecular complexity index is 780. The van der Waals surface area contributed by atoms with Gasteiger partial charge in [0.2, 0.25) is 0 Å². The second-order valence-electron chi connectivity index (χ2n) is 5.72. The molecule has 0 bridgehead atoms. The first kappa shape index (κ1) is 19.8. The van der Waals surface area contributed by atoms with E-state index >= 15 is 0 Å². The van der Waals surface area contributed by atoms with Crippen LogP contribution in [0, 0.1) is 0 Å². The molecule has 140 valence electrons. The molecule has 2 aromatic rings. The summed E-state index contributed by atoms with van der Waals surface area (Å²) >= 11 is 0. The highest BCUT2D eigenvalue weighted by atomic mass is 16.7. The quantitative estimate of drug-likeness (QED) is 0.379. The minimum absolute atomic E-state index is 0.129. The monoisotopic (exact) mass is 358 g/mol. The van der Waals surface area contributed by atoms with Gasteiger partial charge in [-0.2, -0.15) is 0 Å². The molecule has 0 heterocycles. The number of fused-ring (bicyclic) bond motifs is 1. The van der Waals surface area contributed by atoms with E-state index < -0.39 is 0 Å². The number of hydrogen-bond acceptors (Lipinski definition) is 5. The van der Waals surface area contributed by atoms with Crippen LogP contribution in [-0.2, 0) is 20.7 Å². The van der Waals surface area contributed by atoms with Crippen molar-refractivity contribution < 1.29 is 23.7 Å². The highest BCUT2D eigenvalue weighted by Gasteiger charge is 2.16. The fourth-order valence-corrected chi connectivity index (χ4v) is 2.89. The van der Waals surface area contributed by atoms with Gasteiger partial charge in [-0.25, -0.2) is 4.79 Å². The Balaban J connectivity index is 2.66. The molecule has 0 amide bonds. The van der Waals surface area contributed by atoms with Gasteiger partial charge >= 0.3 is 5.97 Å². The number of carbonyl (C=O) groups excluding carboxylic acids is 1. The Morgan fingerprint density at radius 1 is 1.19 bits per heavy atom. The predicted molar refractivity (Wildman–Crippen MR) is 103 cm³/mol. The fraction of sp³-hybridized carbons (Fsp3) is 0.381. The zero-order chi connectivity index (χ0) is 18.9. The first-order valence-corrected chi connectivity index (χ1v) is 8.75. The summed E-state index contributed by atoms with van der Waals surface area (Å²) in [6.07, 6.45) is 5.10. The van der Waals surface area contributed by atoms with Gasteiger partial charge in [-0.15, -0.1) is 0 Å². The lowest BCUT2D eigenvalue weighted by atomic mass is 9.96. The SMILES string of the molecule is CCCc1cccc2c(/C=C/C(=O)OCC)cc(OC)c(OCOC)c12. The number of ether oxygens (including phenoxy) is 4. The van der Waals surface area contributed by atoms with E-state index in [2.05, 4.69) is 13.0 Å². The standard InChI is InChI=1S/C21H26O5/c1-5-8-15-9-7-10-17-16(11-12-19(22)25-6-2)13-18(24-4)21(20(15)17)26-14-23-3/h7,9-13H,5-6,8,14H2,1-4H3/b12-11+. The van der Waals surface area contributed by atoms with Crippen LogP contribution in [0.4, 0.5) is 0 Å². The van der Waals surface area contributed by atoms with Crippen molar-refractivity contribution in [2.24, 2.45) is 0 Å².